The molecule has 0 aliphatic heterocycles. The number of hydrogen-bond donors (Lipinski definition) is 1. The highest BCUT2D eigenvalue weighted by molar-refractivity contribution is 7.99. The van der Waals surface area contributed by atoms with Crippen LogP contribution in [0.15, 0.2) is 18.2 Å². The number of nitrogens with two attached hydrogens (primary N) is 1. The van der Waals surface area contributed by atoms with Crippen molar-refractivity contribution in [2.24, 2.45) is 5.73 Å². The fourth-order valence-corrected chi connectivity index (χ4v) is 3.84. The first-order valence-corrected chi connectivity index (χ1v) is 8.01. The van der Waals surface area contributed by atoms with E-state index in [0.29, 0.717) is 17.2 Å². The van der Waals surface area contributed by atoms with Gasteiger partial charge in [0, 0.05) is 17.0 Å². The minimum absolute atomic E-state index is 0.108. The molecular formula is C15H21F2NS. The average molecular weight is 285 g/mol. The van der Waals surface area contributed by atoms with Crippen molar-refractivity contribution < 1.29 is 8.78 Å². The molecule has 0 heterocycles. The molecule has 1 aliphatic carbocycles. The van der Waals surface area contributed by atoms with Crippen LogP contribution in [0.2, 0.25) is 0 Å². The van der Waals surface area contributed by atoms with Gasteiger partial charge in [-0.3, -0.25) is 0 Å². The van der Waals surface area contributed by atoms with E-state index in [1.807, 2.05) is 11.8 Å². The van der Waals surface area contributed by atoms with Gasteiger partial charge in [-0.15, -0.1) is 0 Å². The van der Waals surface area contributed by atoms with Crippen LogP contribution in [0, 0.1) is 11.6 Å². The number of hydrogen-bond acceptors (Lipinski definition) is 2. The van der Waals surface area contributed by atoms with Gasteiger partial charge in [0.2, 0.25) is 0 Å². The lowest BCUT2D eigenvalue weighted by atomic mass is 10.0. The molecule has 1 aromatic carbocycles. The van der Waals surface area contributed by atoms with E-state index in [4.69, 9.17) is 5.73 Å². The predicted molar refractivity (Wildman–Crippen MR) is 77.4 cm³/mol. The Morgan fingerprint density at radius 2 is 1.95 bits per heavy atom. The molecule has 0 bridgehead atoms. The number of thioether (sulfide) groups is 1. The molecule has 106 valence electrons. The second kappa shape index (κ2) is 7.25. The van der Waals surface area contributed by atoms with Crippen molar-refractivity contribution in [1.82, 2.24) is 0 Å². The third-order valence-electron chi connectivity index (χ3n) is 3.61. The Kier molecular flexibility index (Phi) is 5.64. The highest BCUT2D eigenvalue weighted by Crippen LogP contribution is 2.28. The van der Waals surface area contributed by atoms with Crippen LogP contribution in [0.25, 0.3) is 0 Å². The second-order valence-corrected chi connectivity index (χ2v) is 6.60. The first-order valence-electron chi connectivity index (χ1n) is 6.97. The summed E-state index contributed by atoms with van der Waals surface area (Å²) < 4.78 is 26.6. The van der Waals surface area contributed by atoms with Gasteiger partial charge < -0.3 is 5.73 Å². The van der Waals surface area contributed by atoms with Crippen LogP contribution in [0.3, 0.4) is 0 Å². The SMILES string of the molecule is NC(CSC1CCCCC1)Cc1cccc(F)c1F. The minimum atomic E-state index is -0.787. The molecule has 4 heteroatoms. The van der Waals surface area contributed by atoms with Crippen LogP contribution < -0.4 is 5.73 Å². The Morgan fingerprint density at radius 1 is 1.21 bits per heavy atom. The van der Waals surface area contributed by atoms with Crippen molar-refractivity contribution in [2.45, 2.75) is 49.8 Å². The normalized spacial score (nSPS) is 18.5. The summed E-state index contributed by atoms with van der Waals surface area (Å²) in [6, 6.07) is 4.18. The van der Waals surface area contributed by atoms with Crippen LogP contribution in [0.4, 0.5) is 8.78 Å². The van der Waals surface area contributed by atoms with E-state index in [1.54, 1.807) is 6.07 Å². The Morgan fingerprint density at radius 3 is 2.68 bits per heavy atom. The molecule has 0 aromatic heterocycles. The lowest BCUT2D eigenvalue weighted by molar-refractivity contribution is 0.495. The molecule has 0 radical (unpaired) electrons. The van der Waals surface area contributed by atoms with E-state index in [1.165, 1.54) is 38.2 Å². The van der Waals surface area contributed by atoms with Crippen LogP contribution in [-0.4, -0.2) is 17.0 Å². The van der Waals surface area contributed by atoms with Gasteiger partial charge in [0.05, 0.1) is 0 Å². The quantitative estimate of drug-likeness (QED) is 0.888. The molecule has 1 unspecified atom stereocenters. The van der Waals surface area contributed by atoms with E-state index < -0.39 is 11.6 Å². The van der Waals surface area contributed by atoms with E-state index in [-0.39, 0.29) is 6.04 Å². The molecule has 19 heavy (non-hydrogen) atoms. The topological polar surface area (TPSA) is 26.0 Å². The van der Waals surface area contributed by atoms with Crippen molar-refractivity contribution in [1.29, 1.82) is 0 Å². The van der Waals surface area contributed by atoms with Crippen molar-refractivity contribution in [3.05, 3.63) is 35.4 Å². The molecule has 1 fully saturated rings. The summed E-state index contributed by atoms with van der Waals surface area (Å²) in [7, 11) is 0. The standard InChI is InChI=1S/C15H21F2NS/c16-14-8-4-5-11(15(14)17)9-12(18)10-19-13-6-2-1-3-7-13/h4-5,8,12-13H,1-3,6-7,9-10,18H2. The summed E-state index contributed by atoms with van der Waals surface area (Å²) in [5.41, 5.74) is 6.42. The monoisotopic (exact) mass is 285 g/mol. The van der Waals surface area contributed by atoms with Crippen LogP contribution in [0.1, 0.15) is 37.7 Å². The zero-order chi connectivity index (χ0) is 13.7. The van der Waals surface area contributed by atoms with Crippen molar-refractivity contribution in [2.75, 3.05) is 5.75 Å². The zero-order valence-electron chi connectivity index (χ0n) is 11.1. The lowest BCUT2D eigenvalue weighted by Gasteiger charge is -2.22. The minimum Gasteiger partial charge on any atom is -0.327 e. The fraction of sp³-hybridized carbons (Fsp3) is 0.600. The zero-order valence-corrected chi connectivity index (χ0v) is 11.9. The Balaban J connectivity index is 1.80. The smallest absolute Gasteiger partial charge is 0.162 e. The van der Waals surface area contributed by atoms with Gasteiger partial charge in [-0.25, -0.2) is 8.78 Å². The van der Waals surface area contributed by atoms with E-state index in [0.717, 1.165) is 11.8 Å². The summed E-state index contributed by atoms with van der Waals surface area (Å²) in [6.07, 6.45) is 6.91. The predicted octanol–water partition coefficient (Wildman–Crippen LogP) is 3.90. The molecule has 0 saturated heterocycles. The molecule has 1 nitrogen and oxygen atoms in total. The molecule has 1 aromatic rings. The van der Waals surface area contributed by atoms with Gasteiger partial charge in [-0.1, -0.05) is 31.4 Å². The molecule has 2 N–H and O–H groups in total. The molecule has 1 aliphatic rings. The highest BCUT2D eigenvalue weighted by atomic mass is 32.2. The Labute approximate surface area is 118 Å². The third-order valence-corrected chi connectivity index (χ3v) is 5.18. The third kappa shape index (κ3) is 4.46. The van der Waals surface area contributed by atoms with Crippen LogP contribution >= 0.6 is 11.8 Å². The maximum absolute atomic E-state index is 13.5. The lowest BCUT2D eigenvalue weighted by Crippen LogP contribution is -2.27. The molecule has 0 spiro atoms. The fourth-order valence-electron chi connectivity index (χ4n) is 2.54. The van der Waals surface area contributed by atoms with Gasteiger partial charge in [-0.2, -0.15) is 11.8 Å². The molecule has 0 amide bonds. The van der Waals surface area contributed by atoms with Crippen molar-refractivity contribution >= 4 is 11.8 Å². The van der Waals surface area contributed by atoms with Gasteiger partial charge in [0.25, 0.3) is 0 Å². The summed E-state index contributed by atoms with van der Waals surface area (Å²) in [6.45, 7) is 0. The molecule has 2 rings (SSSR count). The summed E-state index contributed by atoms with van der Waals surface area (Å²) >= 11 is 1.89. The maximum Gasteiger partial charge on any atom is 0.162 e. The van der Waals surface area contributed by atoms with Crippen molar-refractivity contribution in [3.8, 4) is 0 Å². The van der Waals surface area contributed by atoms with E-state index in [2.05, 4.69) is 0 Å². The first-order chi connectivity index (χ1) is 9.16. The molecule has 1 atom stereocenters. The van der Waals surface area contributed by atoms with Gasteiger partial charge in [0.15, 0.2) is 11.6 Å². The molecule has 1 saturated carbocycles. The van der Waals surface area contributed by atoms with Gasteiger partial charge >= 0.3 is 0 Å². The van der Waals surface area contributed by atoms with E-state index >= 15 is 0 Å². The number of rotatable bonds is 5. The second-order valence-electron chi connectivity index (χ2n) is 5.27. The number of halogens is 2. The Bertz CT molecular complexity index is 405. The maximum atomic E-state index is 13.5. The van der Waals surface area contributed by atoms with Crippen molar-refractivity contribution in [3.63, 3.8) is 0 Å². The summed E-state index contributed by atoms with van der Waals surface area (Å²) in [4.78, 5) is 0. The summed E-state index contributed by atoms with van der Waals surface area (Å²) in [5, 5.41) is 0.706. The largest absolute Gasteiger partial charge is 0.327 e. The highest BCUT2D eigenvalue weighted by Gasteiger charge is 2.16. The Hall–Kier alpha value is -0.610. The molecular weight excluding hydrogens is 264 g/mol. The average Bonchev–Trinajstić information content (AvgIpc) is 2.43. The van der Waals surface area contributed by atoms with Gasteiger partial charge in [0.1, 0.15) is 0 Å². The summed E-state index contributed by atoms with van der Waals surface area (Å²) in [5.74, 6) is -0.717. The van der Waals surface area contributed by atoms with Crippen LogP contribution in [-0.2, 0) is 6.42 Å². The van der Waals surface area contributed by atoms with Gasteiger partial charge in [-0.05, 0) is 30.9 Å². The van der Waals surface area contributed by atoms with E-state index in [9.17, 15) is 8.78 Å². The van der Waals surface area contributed by atoms with Crippen LogP contribution in [0.5, 0.6) is 0 Å². The first kappa shape index (κ1) is 14.8. The number of benzene rings is 1.